The predicted molar refractivity (Wildman–Crippen MR) is 73.6 cm³/mol. The predicted octanol–water partition coefficient (Wildman–Crippen LogP) is 3.98. The van der Waals surface area contributed by atoms with Gasteiger partial charge in [0.15, 0.2) is 6.29 Å². The van der Waals surface area contributed by atoms with E-state index >= 15 is 0 Å². The molecule has 2 aromatic carbocycles. The van der Waals surface area contributed by atoms with Crippen molar-refractivity contribution < 1.29 is 13.9 Å². The fourth-order valence-electron chi connectivity index (χ4n) is 1.94. The average Bonchev–Trinajstić information content (AvgIpc) is 2.49. The van der Waals surface area contributed by atoms with Crippen molar-refractivity contribution in [3.05, 3.63) is 66.1 Å². The number of aldehydes is 1. The number of rotatable bonds is 3. The zero-order valence-corrected chi connectivity index (χ0v) is 10.4. The summed E-state index contributed by atoms with van der Waals surface area (Å²) in [7, 11) is 0. The molecule has 20 heavy (non-hydrogen) atoms. The number of aromatic nitrogens is 1. The Balaban J connectivity index is 1.98. The summed E-state index contributed by atoms with van der Waals surface area (Å²) in [4.78, 5) is 15.2. The minimum Gasteiger partial charge on any atom is -0.457 e. The first-order chi connectivity index (χ1) is 9.76. The number of carbonyl (C=O) groups excluding carboxylic acids is 1. The maximum atomic E-state index is 13.1. The largest absolute Gasteiger partial charge is 0.457 e. The number of carbonyl (C=O) groups is 1. The van der Waals surface area contributed by atoms with Crippen LogP contribution in [0.15, 0.2) is 54.7 Å². The lowest BCUT2D eigenvalue weighted by Gasteiger charge is -2.08. The van der Waals surface area contributed by atoms with Gasteiger partial charge in [-0.15, -0.1) is 0 Å². The first-order valence-electron chi connectivity index (χ1n) is 6.03. The number of pyridine rings is 1. The third kappa shape index (κ3) is 2.36. The molecule has 0 atom stereocenters. The van der Waals surface area contributed by atoms with Gasteiger partial charge >= 0.3 is 0 Å². The van der Waals surface area contributed by atoms with Crippen molar-refractivity contribution in [2.75, 3.05) is 0 Å². The van der Waals surface area contributed by atoms with Gasteiger partial charge in [0.2, 0.25) is 0 Å². The molecule has 0 fully saturated rings. The first-order valence-corrected chi connectivity index (χ1v) is 6.03. The van der Waals surface area contributed by atoms with Gasteiger partial charge in [0.05, 0.1) is 11.1 Å². The Hall–Kier alpha value is -2.75. The minimum atomic E-state index is -0.473. The highest BCUT2D eigenvalue weighted by Crippen LogP contribution is 2.27. The number of hydrogen-bond acceptors (Lipinski definition) is 3. The summed E-state index contributed by atoms with van der Waals surface area (Å²) in [6.07, 6.45) is 2.26. The van der Waals surface area contributed by atoms with E-state index in [4.69, 9.17) is 4.74 Å². The van der Waals surface area contributed by atoms with Gasteiger partial charge < -0.3 is 4.74 Å². The number of nitrogens with zero attached hydrogens (tertiary/aromatic N) is 1. The maximum Gasteiger partial charge on any atom is 0.153 e. The summed E-state index contributed by atoms with van der Waals surface area (Å²) in [5.41, 5.74) is 0.964. The van der Waals surface area contributed by atoms with Crippen LogP contribution in [0.3, 0.4) is 0 Å². The molecule has 1 heterocycles. The SMILES string of the molecule is O=Cc1cc(F)ccc1Oc1ccc2cccnc2c1. The number of fused-ring (bicyclic) bond motifs is 1. The van der Waals surface area contributed by atoms with E-state index in [9.17, 15) is 9.18 Å². The molecule has 0 unspecified atom stereocenters. The molecule has 98 valence electrons. The van der Waals surface area contributed by atoms with Gasteiger partial charge in [-0.2, -0.15) is 0 Å². The molecule has 3 nitrogen and oxygen atoms in total. The minimum absolute atomic E-state index is 0.172. The van der Waals surface area contributed by atoms with Gasteiger partial charge in [0.25, 0.3) is 0 Å². The van der Waals surface area contributed by atoms with E-state index in [1.54, 1.807) is 18.3 Å². The van der Waals surface area contributed by atoms with E-state index in [0.29, 0.717) is 17.8 Å². The van der Waals surface area contributed by atoms with Crippen LogP contribution in [-0.4, -0.2) is 11.3 Å². The molecule has 0 saturated carbocycles. The fourth-order valence-corrected chi connectivity index (χ4v) is 1.94. The molecule has 0 amide bonds. The molecule has 0 bridgehead atoms. The highest BCUT2D eigenvalue weighted by atomic mass is 19.1. The topological polar surface area (TPSA) is 39.2 Å². The molecule has 0 aliphatic rings. The number of halogens is 1. The third-order valence-corrected chi connectivity index (χ3v) is 2.90. The van der Waals surface area contributed by atoms with Crippen LogP contribution in [0, 0.1) is 5.82 Å². The van der Waals surface area contributed by atoms with Gasteiger partial charge in [0.1, 0.15) is 17.3 Å². The standard InChI is InChI=1S/C16H10FNO2/c17-13-4-6-16(12(8-13)10-19)20-14-5-3-11-2-1-7-18-15(11)9-14/h1-10H. The van der Waals surface area contributed by atoms with Crippen LogP contribution in [0.1, 0.15) is 10.4 Å². The summed E-state index contributed by atoms with van der Waals surface area (Å²) in [6.45, 7) is 0. The molecule has 0 spiro atoms. The van der Waals surface area contributed by atoms with Crippen molar-refractivity contribution in [2.24, 2.45) is 0 Å². The normalized spacial score (nSPS) is 10.4. The fraction of sp³-hybridized carbons (Fsp3) is 0. The highest BCUT2D eigenvalue weighted by Gasteiger charge is 2.06. The lowest BCUT2D eigenvalue weighted by atomic mass is 10.2. The number of ether oxygens (including phenoxy) is 1. The quantitative estimate of drug-likeness (QED) is 0.674. The van der Waals surface area contributed by atoms with E-state index in [1.165, 1.54) is 12.1 Å². The Morgan fingerprint density at radius 2 is 2.00 bits per heavy atom. The second-order valence-corrected chi connectivity index (χ2v) is 4.26. The smallest absolute Gasteiger partial charge is 0.153 e. The molecule has 0 aliphatic heterocycles. The summed E-state index contributed by atoms with van der Waals surface area (Å²) < 4.78 is 18.7. The zero-order valence-electron chi connectivity index (χ0n) is 10.4. The van der Waals surface area contributed by atoms with Crippen molar-refractivity contribution in [3.8, 4) is 11.5 Å². The second-order valence-electron chi connectivity index (χ2n) is 4.26. The van der Waals surface area contributed by atoms with Crippen molar-refractivity contribution in [1.29, 1.82) is 0 Å². The molecule has 3 rings (SSSR count). The van der Waals surface area contributed by atoms with E-state index in [2.05, 4.69) is 4.98 Å². The van der Waals surface area contributed by atoms with E-state index in [-0.39, 0.29) is 5.56 Å². The molecule has 0 N–H and O–H groups in total. The highest BCUT2D eigenvalue weighted by molar-refractivity contribution is 5.81. The van der Waals surface area contributed by atoms with Crippen LogP contribution < -0.4 is 4.74 Å². The van der Waals surface area contributed by atoms with Crippen molar-refractivity contribution in [2.45, 2.75) is 0 Å². The van der Waals surface area contributed by atoms with Crippen LogP contribution in [0.4, 0.5) is 4.39 Å². The van der Waals surface area contributed by atoms with Crippen LogP contribution in [0.25, 0.3) is 10.9 Å². The summed E-state index contributed by atoms with van der Waals surface area (Å²) in [6, 6.07) is 13.1. The van der Waals surface area contributed by atoms with Crippen molar-refractivity contribution in [1.82, 2.24) is 4.98 Å². The Kier molecular flexibility index (Phi) is 3.13. The average molecular weight is 267 g/mol. The van der Waals surface area contributed by atoms with Crippen LogP contribution in [0.5, 0.6) is 11.5 Å². The first kappa shape index (κ1) is 12.3. The molecule has 4 heteroatoms. The van der Waals surface area contributed by atoms with Crippen LogP contribution in [0.2, 0.25) is 0 Å². The second kappa shape index (κ2) is 5.09. The molecule has 0 aliphatic carbocycles. The Bertz CT molecular complexity index is 786. The van der Waals surface area contributed by atoms with Crippen LogP contribution in [-0.2, 0) is 0 Å². The molecule has 0 saturated heterocycles. The molecular weight excluding hydrogens is 257 g/mol. The van der Waals surface area contributed by atoms with Gasteiger partial charge in [-0.05, 0) is 36.4 Å². The monoisotopic (exact) mass is 267 g/mol. The summed E-state index contributed by atoms with van der Waals surface area (Å²) >= 11 is 0. The lowest BCUT2D eigenvalue weighted by Crippen LogP contribution is -1.92. The van der Waals surface area contributed by atoms with Crippen LogP contribution >= 0.6 is 0 Å². The Morgan fingerprint density at radius 3 is 2.85 bits per heavy atom. The van der Waals surface area contributed by atoms with Gasteiger partial charge in [-0.3, -0.25) is 9.78 Å². The number of hydrogen-bond donors (Lipinski definition) is 0. The van der Waals surface area contributed by atoms with E-state index in [0.717, 1.165) is 17.0 Å². The molecule has 1 aromatic heterocycles. The van der Waals surface area contributed by atoms with Crippen molar-refractivity contribution in [3.63, 3.8) is 0 Å². The molecular formula is C16H10FNO2. The summed E-state index contributed by atoms with van der Waals surface area (Å²) in [5, 5.41) is 0.995. The lowest BCUT2D eigenvalue weighted by molar-refractivity contribution is 0.112. The van der Waals surface area contributed by atoms with Gasteiger partial charge in [-0.1, -0.05) is 6.07 Å². The Morgan fingerprint density at radius 1 is 1.10 bits per heavy atom. The molecule has 0 radical (unpaired) electrons. The van der Waals surface area contributed by atoms with E-state index in [1.807, 2.05) is 18.2 Å². The molecule has 3 aromatic rings. The summed E-state index contributed by atoms with van der Waals surface area (Å²) in [5.74, 6) is 0.391. The van der Waals surface area contributed by atoms with Gasteiger partial charge in [0, 0.05) is 17.6 Å². The zero-order chi connectivity index (χ0) is 13.9. The maximum absolute atomic E-state index is 13.1. The Labute approximate surface area is 114 Å². The third-order valence-electron chi connectivity index (χ3n) is 2.90. The van der Waals surface area contributed by atoms with Gasteiger partial charge in [-0.25, -0.2) is 4.39 Å². The number of benzene rings is 2. The van der Waals surface area contributed by atoms with E-state index < -0.39 is 5.82 Å². The van der Waals surface area contributed by atoms with Crippen molar-refractivity contribution >= 4 is 17.2 Å².